The summed E-state index contributed by atoms with van der Waals surface area (Å²) in [6.45, 7) is 0.714. The highest BCUT2D eigenvalue weighted by Gasteiger charge is 2.03. The molecule has 0 aliphatic rings. The van der Waals surface area contributed by atoms with Gasteiger partial charge in [-0.15, -0.1) is 11.3 Å². The van der Waals surface area contributed by atoms with Gasteiger partial charge in [0, 0.05) is 30.9 Å². The Labute approximate surface area is 105 Å². The molecule has 90 valence electrons. The van der Waals surface area contributed by atoms with Crippen LogP contribution in [-0.4, -0.2) is 17.0 Å². The predicted octanol–water partition coefficient (Wildman–Crippen LogP) is 1.99. The number of carbonyl (C=O) groups excluding carboxylic acids is 1. The summed E-state index contributed by atoms with van der Waals surface area (Å²) in [5.41, 5.74) is 1.06. The molecule has 0 atom stereocenters. The molecule has 17 heavy (non-hydrogen) atoms. The molecule has 0 radical (unpaired) electrons. The Kier molecular flexibility index (Phi) is 3.98. The van der Waals surface area contributed by atoms with Crippen LogP contribution >= 0.6 is 11.3 Å². The number of hydrogen-bond acceptors (Lipinski definition) is 2. The Morgan fingerprint density at radius 3 is 3.00 bits per heavy atom. The summed E-state index contributed by atoms with van der Waals surface area (Å²) < 4.78 is 1.95. The largest absolute Gasteiger partial charge is 0.357 e. The van der Waals surface area contributed by atoms with Gasteiger partial charge in [-0.25, -0.2) is 0 Å². The molecule has 2 heterocycles. The first-order valence-corrected chi connectivity index (χ1v) is 6.52. The average Bonchev–Trinajstić information content (AvgIpc) is 2.90. The van der Waals surface area contributed by atoms with E-state index in [1.807, 2.05) is 36.1 Å². The number of aromatic nitrogens is 1. The highest BCUT2D eigenvalue weighted by molar-refractivity contribution is 7.09. The minimum absolute atomic E-state index is 0.0905. The molecule has 0 fully saturated rings. The Morgan fingerprint density at radius 2 is 2.35 bits per heavy atom. The fraction of sp³-hybridized carbons (Fsp3) is 0.308. The van der Waals surface area contributed by atoms with Crippen LogP contribution in [0.15, 0.2) is 36.0 Å². The minimum Gasteiger partial charge on any atom is -0.357 e. The van der Waals surface area contributed by atoms with Crippen LogP contribution in [0.25, 0.3) is 0 Å². The first kappa shape index (κ1) is 11.9. The maximum atomic E-state index is 11.6. The molecule has 0 aromatic carbocycles. The van der Waals surface area contributed by atoms with Crippen LogP contribution < -0.4 is 5.32 Å². The smallest absolute Gasteiger partial charge is 0.224 e. The second-order valence-electron chi connectivity index (χ2n) is 4.04. The number of nitrogens with one attached hydrogen (secondary N) is 1. The molecular weight excluding hydrogens is 232 g/mol. The number of thiophene rings is 1. The maximum absolute atomic E-state index is 11.6. The number of hydrogen-bond donors (Lipinski definition) is 1. The zero-order valence-corrected chi connectivity index (χ0v) is 10.7. The first-order chi connectivity index (χ1) is 8.24. The van der Waals surface area contributed by atoms with Gasteiger partial charge < -0.3 is 9.88 Å². The van der Waals surface area contributed by atoms with E-state index in [0.717, 1.165) is 12.0 Å². The monoisotopic (exact) mass is 248 g/mol. The van der Waals surface area contributed by atoms with E-state index in [-0.39, 0.29) is 5.91 Å². The van der Waals surface area contributed by atoms with Crippen molar-refractivity contribution in [2.24, 2.45) is 7.05 Å². The van der Waals surface area contributed by atoms with Gasteiger partial charge in [0.05, 0.1) is 6.42 Å². The number of amides is 1. The topological polar surface area (TPSA) is 34.0 Å². The van der Waals surface area contributed by atoms with Gasteiger partial charge in [0.2, 0.25) is 5.91 Å². The van der Waals surface area contributed by atoms with Crippen LogP contribution in [0.4, 0.5) is 0 Å². The predicted molar refractivity (Wildman–Crippen MR) is 70.1 cm³/mol. The molecule has 1 amide bonds. The first-order valence-electron chi connectivity index (χ1n) is 5.64. The van der Waals surface area contributed by atoms with Gasteiger partial charge in [0.1, 0.15) is 0 Å². The molecule has 0 spiro atoms. The molecule has 0 aliphatic heterocycles. The van der Waals surface area contributed by atoms with Crippen LogP contribution in [0.1, 0.15) is 10.4 Å². The van der Waals surface area contributed by atoms with Crippen LogP contribution in [-0.2, 0) is 24.7 Å². The number of nitrogens with zero attached hydrogens (tertiary/aromatic N) is 1. The van der Waals surface area contributed by atoms with Gasteiger partial charge in [-0.3, -0.25) is 4.79 Å². The van der Waals surface area contributed by atoms with Crippen LogP contribution in [0.2, 0.25) is 0 Å². The Morgan fingerprint density at radius 1 is 1.47 bits per heavy atom. The third-order valence-corrected chi connectivity index (χ3v) is 3.47. The third-order valence-electron chi connectivity index (χ3n) is 2.53. The molecular formula is C13H16N2OS. The van der Waals surface area contributed by atoms with E-state index < -0.39 is 0 Å². The fourth-order valence-electron chi connectivity index (χ4n) is 1.69. The van der Waals surface area contributed by atoms with E-state index in [2.05, 4.69) is 16.8 Å². The average molecular weight is 248 g/mol. The molecule has 0 aliphatic carbocycles. The van der Waals surface area contributed by atoms with Crippen molar-refractivity contribution in [3.05, 3.63) is 46.4 Å². The van der Waals surface area contributed by atoms with Crippen LogP contribution in [0.3, 0.4) is 0 Å². The van der Waals surface area contributed by atoms with E-state index in [4.69, 9.17) is 0 Å². The van der Waals surface area contributed by atoms with E-state index in [9.17, 15) is 4.79 Å². The lowest BCUT2D eigenvalue weighted by Gasteiger charge is -2.02. The van der Waals surface area contributed by atoms with Gasteiger partial charge >= 0.3 is 0 Å². The molecule has 2 aromatic rings. The molecule has 1 N–H and O–H groups in total. The molecule has 2 rings (SSSR count). The van der Waals surface area contributed by atoms with Crippen LogP contribution in [0, 0.1) is 0 Å². The standard InChI is InChI=1S/C13H16N2OS/c1-15-7-5-11(10-15)9-13(16)14-6-4-12-3-2-8-17-12/h2-3,5,7-8,10H,4,6,9H2,1H3,(H,14,16). The van der Waals surface area contributed by atoms with E-state index in [0.29, 0.717) is 13.0 Å². The minimum atomic E-state index is 0.0905. The SMILES string of the molecule is Cn1ccc(CC(=O)NCCc2cccs2)c1. The van der Waals surface area contributed by atoms with Crippen molar-refractivity contribution >= 4 is 17.2 Å². The molecule has 4 heteroatoms. The lowest BCUT2D eigenvalue weighted by Crippen LogP contribution is -2.26. The highest BCUT2D eigenvalue weighted by atomic mass is 32.1. The quantitative estimate of drug-likeness (QED) is 0.862. The second kappa shape index (κ2) is 5.68. The zero-order valence-electron chi connectivity index (χ0n) is 9.85. The van der Waals surface area contributed by atoms with Gasteiger partial charge in [-0.05, 0) is 29.5 Å². The van der Waals surface area contributed by atoms with Crippen molar-refractivity contribution in [3.8, 4) is 0 Å². The molecule has 2 aromatic heterocycles. The molecule has 3 nitrogen and oxygen atoms in total. The summed E-state index contributed by atoms with van der Waals surface area (Å²) in [4.78, 5) is 12.9. The normalized spacial score (nSPS) is 10.4. The summed E-state index contributed by atoms with van der Waals surface area (Å²) >= 11 is 1.73. The molecule has 0 bridgehead atoms. The number of aryl methyl sites for hydroxylation is 1. The van der Waals surface area contributed by atoms with E-state index in [1.165, 1.54) is 4.88 Å². The second-order valence-corrected chi connectivity index (χ2v) is 5.07. The third kappa shape index (κ3) is 3.75. The summed E-state index contributed by atoms with van der Waals surface area (Å²) in [6.07, 6.45) is 5.30. The summed E-state index contributed by atoms with van der Waals surface area (Å²) in [6, 6.07) is 6.10. The molecule has 0 unspecified atom stereocenters. The van der Waals surface area contributed by atoms with E-state index in [1.54, 1.807) is 11.3 Å². The Balaban J connectivity index is 1.71. The lowest BCUT2D eigenvalue weighted by atomic mass is 10.2. The zero-order chi connectivity index (χ0) is 12.1. The highest BCUT2D eigenvalue weighted by Crippen LogP contribution is 2.08. The Bertz CT molecular complexity index is 473. The fourth-order valence-corrected chi connectivity index (χ4v) is 2.40. The van der Waals surface area contributed by atoms with Gasteiger partial charge in [0.25, 0.3) is 0 Å². The lowest BCUT2D eigenvalue weighted by molar-refractivity contribution is -0.120. The van der Waals surface area contributed by atoms with E-state index >= 15 is 0 Å². The van der Waals surface area contributed by atoms with Crippen molar-refractivity contribution < 1.29 is 4.79 Å². The van der Waals surface area contributed by atoms with Crippen molar-refractivity contribution in [2.75, 3.05) is 6.54 Å². The maximum Gasteiger partial charge on any atom is 0.224 e. The van der Waals surface area contributed by atoms with Gasteiger partial charge in [0.15, 0.2) is 0 Å². The summed E-state index contributed by atoms with van der Waals surface area (Å²) in [7, 11) is 1.96. The van der Waals surface area contributed by atoms with Crippen molar-refractivity contribution in [3.63, 3.8) is 0 Å². The van der Waals surface area contributed by atoms with Crippen molar-refractivity contribution in [1.29, 1.82) is 0 Å². The van der Waals surface area contributed by atoms with Crippen molar-refractivity contribution in [1.82, 2.24) is 9.88 Å². The molecule has 0 saturated heterocycles. The number of carbonyl (C=O) groups is 1. The van der Waals surface area contributed by atoms with Gasteiger partial charge in [-0.1, -0.05) is 6.07 Å². The summed E-state index contributed by atoms with van der Waals surface area (Å²) in [5, 5.41) is 4.99. The Hall–Kier alpha value is -1.55. The van der Waals surface area contributed by atoms with Gasteiger partial charge in [-0.2, -0.15) is 0 Å². The summed E-state index contributed by atoms with van der Waals surface area (Å²) in [5.74, 6) is 0.0905. The van der Waals surface area contributed by atoms with Crippen molar-refractivity contribution in [2.45, 2.75) is 12.8 Å². The number of rotatable bonds is 5. The molecule has 0 saturated carbocycles. The van der Waals surface area contributed by atoms with Crippen LogP contribution in [0.5, 0.6) is 0 Å².